The summed E-state index contributed by atoms with van der Waals surface area (Å²) in [5.41, 5.74) is 8.53. The molecule has 3 rings (SSSR count). The van der Waals surface area contributed by atoms with E-state index in [-0.39, 0.29) is 0 Å². The number of hydrogen-bond acceptors (Lipinski definition) is 5. The molecular weight excluding hydrogens is 278 g/mol. The lowest BCUT2D eigenvalue weighted by Gasteiger charge is -2.05. The molecule has 7 heteroatoms. The first-order valence-electron chi connectivity index (χ1n) is 5.61. The van der Waals surface area contributed by atoms with Crippen LogP contribution in [-0.4, -0.2) is 19.7 Å². The fourth-order valence-corrected chi connectivity index (χ4v) is 2.57. The normalized spacial score (nSPS) is 10.8. The third-order valence-corrected chi connectivity index (χ3v) is 3.66. The molecule has 0 aliphatic carbocycles. The highest BCUT2D eigenvalue weighted by Crippen LogP contribution is 2.24. The summed E-state index contributed by atoms with van der Waals surface area (Å²) in [5, 5.41) is 9.41. The van der Waals surface area contributed by atoms with Crippen LogP contribution in [0.3, 0.4) is 0 Å². The molecule has 3 aromatic rings. The van der Waals surface area contributed by atoms with Crippen molar-refractivity contribution in [1.29, 1.82) is 0 Å². The Balaban J connectivity index is 2.19. The molecule has 0 saturated carbocycles. The first-order valence-corrected chi connectivity index (χ1v) is 6.90. The van der Waals surface area contributed by atoms with Gasteiger partial charge in [-0.15, -0.1) is 11.3 Å². The molecule has 0 saturated heterocycles. The van der Waals surface area contributed by atoms with E-state index in [0.717, 1.165) is 11.4 Å². The zero-order chi connectivity index (χ0) is 13.4. The van der Waals surface area contributed by atoms with E-state index in [4.69, 9.17) is 18.0 Å². The number of nitrogens with one attached hydrogen (secondary N) is 1. The number of aromatic amines is 1. The molecule has 1 aromatic carbocycles. The summed E-state index contributed by atoms with van der Waals surface area (Å²) in [7, 11) is 0. The summed E-state index contributed by atoms with van der Waals surface area (Å²) in [5.74, 6) is 0.668. The molecule has 19 heavy (non-hydrogen) atoms. The summed E-state index contributed by atoms with van der Waals surface area (Å²) in [4.78, 5) is 4.24. The molecule has 0 spiro atoms. The summed E-state index contributed by atoms with van der Waals surface area (Å²) in [6, 6.07) is 8.06. The van der Waals surface area contributed by atoms with Gasteiger partial charge >= 0.3 is 0 Å². The van der Waals surface area contributed by atoms with Gasteiger partial charge in [-0.1, -0.05) is 17.7 Å². The second-order valence-corrected chi connectivity index (χ2v) is 5.37. The van der Waals surface area contributed by atoms with Crippen molar-refractivity contribution in [3.63, 3.8) is 0 Å². The van der Waals surface area contributed by atoms with Crippen LogP contribution in [0.15, 0.2) is 29.6 Å². The van der Waals surface area contributed by atoms with E-state index in [0.29, 0.717) is 15.7 Å². The minimum atomic E-state index is 0.513. The van der Waals surface area contributed by atoms with Crippen molar-refractivity contribution >= 4 is 28.7 Å². The van der Waals surface area contributed by atoms with Gasteiger partial charge in [0.05, 0.1) is 5.69 Å². The van der Waals surface area contributed by atoms with Gasteiger partial charge in [0.15, 0.2) is 15.7 Å². The van der Waals surface area contributed by atoms with E-state index in [1.165, 1.54) is 16.9 Å². The Labute approximate surface area is 118 Å². The molecule has 0 amide bonds. The van der Waals surface area contributed by atoms with Gasteiger partial charge in [-0.2, -0.15) is 5.10 Å². The highest BCUT2D eigenvalue weighted by atomic mass is 32.1. The number of thiazole rings is 1. The predicted octanol–water partition coefficient (Wildman–Crippen LogP) is 2.94. The first kappa shape index (κ1) is 12.1. The van der Waals surface area contributed by atoms with E-state index in [1.54, 1.807) is 0 Å². The largest absolute Gasteiger partial charge is 0.375 e. The van der Waals surface area contributed by atoms with Crippen LogP contribution in [0.1, 0.15) is 5.56 Å². The van der Waals surface area contributed by atoms with Crippen LogP contribution in [0.2, 0.25) is 0 Å². The van der Waals surface area contributed by atoms with Crippen molar-refractivity contribution < 1.29 is 0 Å². The average molecular weight is 289 g/mol. The number of hydrogen-bond donors (Lipinski definition) is 2. The molecular formula is C12H11N5S2. The van der Waals surface area contributed by atoms with E-state index >= 15 is 0 Å². The summed E-state index contributed by atoms with van der Waals surface area (Å²) in [6.07, 6.45) is 0. The highest BCUT2D eigenvalue weighted by Gasteiger charge is 2.13. The summed E-state index contributed by atoms with van der Waals surface area (Å²) < 4.78 is 2.38. The monoisotopic (exact) mass is 289 g/mol. The Kier molecular flexibility index (Phi) is 2.92. The molecule has 0 bridgehead atoms. The third kappa shape index (κ3) is 2.18. The fraction of sp³-hybridized carbons (Fsp3) is 0.0833. The second-order valence-electron chi connectivity index (χ2n) is 4.09. The summed E-state index contributed by atoms with van der Waals surface area (Å²) >= 11 is 6.66. The molecule has 96 valence electrons. The molecule has 0 aliphatic rings. The molecule has 0 aliphatic heterocycles. The Morgan fingerprint density at radius 1 is 1.32 bits per heavy atom. The second kappa shape index (κ2) is 4.60. The zero-order valence-corrected chi connectivity index (χ0v) is 11.8. The number of aryl methyl sites for hydroxylation is 1. The average Bonchev–Trinajstić information content (AvgIpc) is 2.97. The van der Waals surface area contributed by atoms with Crippen molar-refractivity contribution in [1.82, 2.24) is 19.7 Å². The van der Waals surface area contributed by atoms with Crippen molar-refractivity contribution in [2.24, 2.45) is 0 Å². The lowest BCUT2D eigenvalue weighted by molar-refractivity contribution is 1.03. The summed E-state index contributed by atoms with van der Waals surface area (Å²) in [6.45, 7) is 2.04. The Hall–Kier alpha value is -1.99. The van der Waals surface area contributed by atoms with Crippen LogP contribution in [0.25, 0.3) is 17.2 Å². The number of nitrogens with zero attached hydrogens (tertiary/aromatic N) is 3. The maximum absolute atomic E-state index is 5.67. The van der Waals surface area contributed by atoms with Gasteiger partial charge in [-0.25, -0.2) is 4.98 Å². The quantitative estimate of drug-likeness (QED) is 0.711. The Bertz CT molecular complexity index is 766. The minimum Gasteiger partial charge on any atom is -0.375 e. The molecule has 0 atom stereocenters. The third-order valence-electron chi connectivity index (χ3n) is 2.72. The Morgan fingerprint density at radius 2 is 2.05 bits per heavy atom. The molecule has 0 fully saturated rings. The van der Waals surface area contributed by atoms with E-state index in [2.05, 4.69) is 15.2 Å². The number of nitrogens with two attached hydrogens (primary N) is 1. The molecule has 3 N–H and O–H groups in total. The molecule has 0 unspecified atom stereocenters. The van der Waals surface area contributed by atoms with Crippen molar-refractivity contribution in [3.05, 3.63) is 40.0 Å². The van der Waals surface area contributed by atoms with Crippen LogP contribution in [-0.2, 0) is 0 Å². The van der Waals surface area contributed by atoms with Crippen LogP contribution in [0.5, 0.6) is 0 Å². The highest BCUT2D eigenvalue weighted by molar-refractivity contribution is 7.71. The van der Waals surface area contributed by atoms with Gasteiger partial charge in [0.2, 0.25) is 0 Å². The fourth-order valence-electron chi connectivity index (χ4n) is 1.79. The van der Waals surface area contributed by atoms with Crippen molar-refractivity contribution in [2.45, 2.75) is 6.92 Å². The van der Waals surface area contributed by atoms with Gasteiger partial charge in [-0.05, 0) is 31.3 Å². The molecule has 2 heterocycles. The first-order chi connectivity index (χ1) is 9.15. The SMILES string of the molecule is Cc1ccc(-n2c(-c3csc(N)n3)n[nH]c2=S)cc1. The maximum Gasteiger partial charge on any atom is 0.200 e. The molecule has 5 nitrogen and oxygen atoms in total. The van der Waals surface area contributed by atoms with E-state index in [1.807, 2.05) is 41.1 Å². The van der Waals surface area contributed by atoms with Gasteiger partial charge in [0.25, 0.3) is 0 Å². The lowest BCUT2D eigenvalue weighted by atomic mass is 10.2. The minimum absolute atomic E-state index is 0.513. The van der Waals surface area contributed by atoms with Gasteiger partial charge in [-0.3, -0.25) is 9.67 Å². The van der Waals surface area contributed by atoms with Gasteiger partial charge in [0, 0.05) is 5.38 Å². The number of rotatable bonds is 2. The molecule has 2 aromatic heterocycles. The van der Waals surface area contributed by atoms with Crippen molar-refractivity contribution in [3.8, 4) is 17.2 Å². The smallest absolute Gasteiger partial charge is 0.200 e. The number of benzene rings is 1. The van der Waals surface area contributed by atoms with Crippen LogP contribution in [0, 0.1) is 11.7 Å². The lowest BCUT2D eigenvalue weighted by Crippen LogP contribution is -1.98. The number of anilines is 1. The van der Waals surface area contributed by atoms with E-state index in [9.17, 15) is 0 Å². The number of nitrogen functional groups attached to an aromatic ring is 1. The zero-order valence-electron chi connectivity index (χ0n) is 10.1. The Morgan fingerprint density at radius 3 is 2.68 bits per heavy atom. The van der Waals surface area contributed by atoms with Crippen LogP contribution < -0.4 is 5.73 Å². The predicted molar refractivity (Wildman–Crippen MR) is 79.0 cm³/mol. The van der Waals surface area contributed by atoms with Crippen LogP contribution >= 0.6 is 23.6 Å². The number of aromatic nitrogens is 4. The molecule has 0 radical (unpaired) electrons. The van der Waals surface area contributed by atoms with E-state index < -0.39 is 0 Å². The topological polar surface area (TPSA) is 72.5 Å². The van der Waals surface area contributed by atoms with Crippen LogP contribution in [0.4, 0.5) is 5.13 Å². The van der Waals surface area contributed by atoms with Gasteiger partial charge in [0.1, 0.15) is 5.69 Å². The van der Waals surface area contributed by atoms with Gasteiger partial charge < -0.3 is 5.73 Å². The van der Waals surface area contributed by atoms with Crippen molar-refractivity contribution in [2.75, 3.05) is 5.73 Å². The maximum atomic E-state index is 5.67. The standard InChI is InChI=1S/C12H11N5S2/c1-7-2-4-8(5-3-7)17-10(15-16-12(17)18)9-6-19-11(13)14-9/h2-6H,1H3,(H2,13,14)(H,16,18). The number of H-pyrrole nitrogens is 1.